The SMILES string of the molecule is CC(C)C(=O)OC1C(CC2CCCC2)COCC(N)C(=O)OC1C. The smallest absolute Gasteiger partial charge is 0.325 e. The zero-order valence-corrected chi connectivity index (χ0v) is 15.0. The molecule has 6 nitrogen and oxygen atoms in total. The van der Waals surface area contributed by atoms with Crippen LogP contribution in [0.3, 0.4) is 0 Å². The second-order valence-electron chi connectivity index (χ2n) is 7.49. The highest BCUT2D eigenvalue weighted by molar-refractivity contribution is 5.76. The number of rotatable bonds is 4. The molecule has 2 fully saturated rings. The number of esters is 2. The van der Waals surface area contributed by atoms with Crippen LogP contribution in [-0.2, 0) is 23.8 Å². The summed E-state index contributed by atoms with van der Waals surface area (Å²) < 4.78 is 16.8. The Hall–Kier alpha value is -1.14. The fraction of sp³-hybridized carbons (Fsp3) is 0.889. The van der Waals surface area contributed by atoms with Gasteiger partial charge in [-0.1, -0.05) is 39.5 Å². The molecule has 1 saturated heterocycles. The van der Waals surface area contributed by atoms with Crippen LogP contribution in [-0.4, -0.2) is 43.4 Å². The summed E-state index contributed by atoms with van der Waals surface area (Å²) in [5.41, 5.74) is 5.78. The van der Waals surface area contributed by atoms with Gasteiger partial charge in [-0.25, -0.2) is 0 Å². The van der Waals surface area contributed by atoms with Crippen LogP contribution in [0.15, 0.2) is 0 Å². The molecule has 0 aromatic rings. The molecule has 2 aliphatic rings. The standard InChI is InChI=1S/C18H31NO5/c1-11(2)17(20)24-16-12(3)23-18(21)15(19)10-22-9-14(16)8-13-6-4-5-7-13/h11-16H,4-10,19H2,1-3H3. The van der Waals surface area contributed by atoms with Gasteiger partial charge in [0.15, 0.2) is 0 Å². The van der Waals surface area contributed by atoms with Crippen LogP contribution in [0.25, 0.3) is 0 Å². The molecule has 0 aromatic heterocycles. The summed E-state index contributed by atoms with van der Waals surface area (Å²) in [7, 11) is 0. The minimum absolute atomic E-state index is 0.0175. The van der Waals surface area contributed by atoms with Crippen molar-refractivity contribution in [1.29, 1.82) is 0 Å². The summed E-state index contributed by atoms with van der Waals surface area (Å²) >= 11 is 0. The van der Waals surface area contributed by atoms with Crippen LogP contribution in [0.4, 0.5) is 0 Å². The van der Waals surface area contributed by atoms with Crippen molar-refractivity contribution in [2.24, 2.45) is 23.5 Å². The van der Waals surface area contributed by atoms with Gasteiger partial charge in [-0.05, 0) is 19.3 Å². The highest BCUT2D eigenvalue weighted by Gasteiger charge is 2.37. The molecule has 0 radical (unpaired) electrons. The maximum absolute atomic E-state index is 12.1. The maximum atomic E-state index is 12.1. The van der Waals surface area contributed by atoms with E-state index in [9.17, 15) is 9.59 Å². The van der Waals surface area contributed by atoms with Gasteiger partial charge >= 0.3 is 11.9 Å². The molecule has 0 aromatic carbocycles. The molecule has 1 aliphatic heterocycles. The molecule has 2 rings (SSSR count). The van der Waals surface area contributed by atoms with Crippen molar-refractivity contribution in [1.82, 2.24) is 0 Å². The van der Waals surface area contributed by atoms with E-state index < -0.39 is 24.2 Å². The summed E-state index contributed by atoms with van der Waals surface area (Å²) in [5.74, 6) is -0.367. The predicted molar refractivity (Wildman–Crippen MR) is 89.1 cm³/mol. The van der Waals surface area contributed by atoms with Crippen molar-refractivity contribution >= 4 is 11.9 Å². The van der Waals surface area contributed by atoms with E-state index in [1.165, 1.54) is 25.7 Å². The highest BCUT2D eigenvalue weighted by Crippen LogP contribution is 2.33. The maximum Gasteiger partial charge on any atom is 0.325 e. The van der Waals surface area contributed by atoms with Crippen molar-refractivity contribution in [2.75, 3.05) is 13.2 Å². The zero-order valence-electron chi connectivity index (χ0n) is 15.0. The van der Waals surface area contributed by atoms with Gasteiger partial charge in [0, 0.05) is 5.92 Å². The third kappa shape index (κ3) is 5.18. The molecule has 0 bridgehead atoms. The van der Waals surface area contributed by atoms with E-state index in [2.05, 4.69) is 0 Å². The van der Waals surface area contributed by atoms with Crippen LogP contribution in [0.2, 0.25) is 0 Å². The number of hydrogen-bond acceptors (Lipinski definition) is 6. The lowest BCUT2D eigenvalue weighted by atomic mass is 9.87. The minimum Gasteiger partial charge on any atom is -0.458 e. The van der Waals surface area contributed by atoms with Crippen LogP contribution < -0.4 is 5.73 Å². The molecule has 1 aliphatic carbocycles. The van der Waals surface area contributed by atoms with Gasteiger partial charge < -0.3 is 19.9 Å². The molecule has 6 heteroatoms. The van der Waals surface area contributed by atoms with E-state index in [1.807, 2.05) is 0 Å². The van der Waals surface area contributed by atoms with Gasteiger partial charge in [0.1, 0.15) is 18.2 Å². The monoisotopic (exact) mass is 341 g/mol. The summed E-state index contributed by atoms with van der Waals surface area (Å²) in [6, 6.07) is -0.792. The molecule has 2 N–H and O–H groups in total. The van der Waals surface area contributed by atoms with Crippen molar-refractivity contribution in [3.8, 4) is 0 Å². The zero-order chi connectivity index (χ0) is 17.7. The Morgan fingerprint density at radius 2 is 1.96 bits per heavy atom. The molecule has 1 saturated carbocycles. The van der Waals surface area contributed by atoms with Crippen molar-refractivity contribution in [3.63, 3.8) is 0 Å². The molecular formula is C18H31NO5. The van der Waals surface area contributed by atoms with Crippen molar-refractivity contribution < 1.29 is 23.8 Å². The Labute approximate surface area is 144 Å². The average molecular weight is 341 g/mol. The molecule has 1 heterocycles. The first kappa shape index (κ1) is 19.2. The first-order chi connectivity index (χ1) is 11.4. The fourth-order valence-corrected chi connectivity index (χ4v) is 3.57. The van der Waals surface area contributed by atoms with Gasteiger partial charge in [0.2, 0.25) is 0 Å². The second-order valence-corrected chi connectivity index (χ2v) is 7.49. The second kappa shape index (κ2) is 8.81. The van der Waals surface area contributed by atoms with Crippen LogP contribution in [0.1, 0.15) is 52.9 Å². The molecule has 4 atom stereocenters. The number of cyclic esters (lactones) is 1. The van der Waals surface area contributed by atoms with E-state index in [4.69, 9.17) is 19.9 Å². The Kier molecular flexibility index (Phi) is 7.04. The van der Waals surface area contributed by atoms with E-state index >= 15 is 0 Å². The quantitative estimate of drug-likeness (QED) is 0.787. The first-order valence-electron chi connectivity index (χ1n) is 9.12. The fourth-order valence-electron chi connectivity index (χ4n) is 3.57. The summed E-state index contributed by atoms with van der Waals surface area (Å²) in [5, 5.41) is 0. The number of carbonyl (C=O) groups excluding carboxylic acids is 2. The summed E-state index contributed by atoms with van der Waals surface area (Å²) in [6.45, 7) is 5.94. The van der Waals surface area contributed by atoms with Gasteiger partial charge in [0.05, 0.1) is 19.1 Å². The third-order valence-corrected chi connectivity index (χ3v) is 5.00. The molecule has 4 unspecified atom stereocenters. The Morgan fingerprint density at radius 1 is 1.29 bits per heavy atom. The number of nitrogens with two attached hydrogens (primary N) is 1. The Balaban J connectivity index is 2.15. The van der Waals surface area contributed by atoms with Crippen molar-refractivity contribution in [2.45, 2.75) is 71.1 Å². The number of ether oxygens (including phenoxy) is 3. The topological polar surface area (TPSA) is 87.9 Å². The van der Waals surface area contributed by atoms with E-state index in [0.717, 1.165) is 6.42 Å². The van der Waals surface area contributed by atoms with Crippen LogP contribution in [0.5, 0.6) is 0 Å². The van der Waals surface area contributed by atoms with E-state index in [1.54, 1.807) is 20.8 Å². The van der Waals surface area contributed by atoms with Crippen LogP contribution >= 0.6 is 0 Å². The first-order valence-corrected chi connectivity index (χ1v) is 9.12. The molecular weight excluding hydrogens is 310 g/mol. The number of hydrogen-bond donors (Lipinski definition) is 1. The Morgan fingerprint density at radius 3 is 2.58 bits per heavy atom. The lowest BCUT2D eigenvalue weighted by molar-refractivity contribution is -0.174. The molecule has 0 spiro atoms. The Bertz CT molecular complexity index is 433. The largest absolute Gasteiger partial charge is 0.458 e. The van der Waals surface area contributed by atoms with Gasteiger partial charge in [-0.2, -0.15) is 0 Å². The van der Waals surface area contributed by atoms with Crippen LogP contribution in [0, 0.1) is 17.8 Å². The minimum atomic E-state index is -0.792. The van der Waals surface area contributed by atoms with Gasteiger partial charge in [-0.3, -0.25) is 9.59 Å². The third-order valence-electron chi connectivity index (χ3n) is 5.00. The summed E-state index contributed by atoms with van der Waals surface area (Å²) in [4.78, 5) is 24.1. The van der Waals surface area contributed by atoms with Gasteiger partial charge in [-0.15, -0.1) is 0 Å². The molecule has 24 heavy (non-hydrogen) atoms. The number of carbonyl (C=O) groups is 2. The lowest BCUT2D eigenvalue weighted by Gasteiger charge is -2.32. The molecule has 138 valence electrons. The predicted octanol–water partition coefficient (Wildman–Crippen LogP) is 2.04. The average Bonchev–Trinajstić information content (AvgIpc) is 3.03. The summed E-state index contributed by atoms with van der Waals surface area (Å²) in [6.07, 6.45) is 4.82. The van der Waals surface area contributed by atoms with Crippen molar-refractivity contribution in [3.05, 3.63) is 0 Å². The van der Waals surface area contributed by atoms with E-state index in [-0.39, 0.29) is 24.4 Å². The lowest BCUT2D eigenvalue weighted by Crippen LogP contribution is -2.43. The molecule has 0 amide bonds. The highest BCUT2D eigenvalue weighted by atomic mass is 16.6. The van der Waals surface area contributed by atoms with E-state index in [0.29, 0.717) is 12.5 Å². The normalized spacial score (nSPS) is 32.8. The van der Waals surface area contributed by atoms with Gasteiger partial charge in [0.25, 0.3) is 0 Å².